The highest BCUT2D eigenvalue weighted by Crippen LogP contribution is 2.32. The second kappa shape index (κ2) is 9.61. The van der Waals surface area contributed by atoms with Crippen LogP contribution in [0.2, 0.25) is 0 Å². The minimum atomic E-state index is -4.47. The van der Waals surface area contributed by atoms with Gasteiger partial charge >= 0.3 is 6.18 Å². The van der Waals surface area contributed by atoms with E-state index in [1.54, 1.807) is 7.11 Å². The van der Waals surface area contributed by atoms with E-state index >= 15 is 0 Å². The second-order valence-corrected chi connectivity index (χ2v) is 7.65. The van der Waals surface area contributed by atoms with Crippen LogP contribution < -0.4 is 5.32 Å². The molecular weight excluding hydrogens is 405 g/mol. The van der Waals surface area contributed by atoms with Gasteiger partial charge in [-0.2, -0.15) is 13.2 Å². The Morgan fingerprint density at radius 3 is 2.60 bits per heavy atom. The lowest BCUT2D eigenvalue weighted by Gasteiger charge is -2.34. The van der Waals surface area contributed by atoms with Crippen molar-refractivity contribution in [1.82, 2.24) is 10.2 Å². The molecule has 5 atom stereocenters. The third-order valence-corrected chi connectivity index (χ3v) is 5.74. The van der Waals surface area contributed by atoms with Crippen LogP contribution in [0.5, 0.6) is 0 Å². The van der Waals surface area contributed by atoms with Crippen LogP contribution >= 0.6 is 0 Å². The number of aliphatic hydroxyl groups excluding tert-OH is 2. The minimum absolute atomic E-state index is 0.0499. The fourth-order valence-electron chi connectivity index (χ4n) is 4.28. The number of nitrogens with zero attached hydrogens (tertiary/aromatic N) is 1. The fraction of sp³-hybridized carbons (Fsp3) is 0.650. The average molecular weight is 432 g/mol. The number of carbonyl (C=O) groups excluding carboxylic acids is 1. The molecule has 1 aromatic carbocycles. The predicted octanol–water partition coefficient (Wildman–Crippen LogP) is 1.04. The maximum absolute atomic E-state index is 12.7. The highest BCUT2D eigenvalue weighted by Gasteiger charge is 2.48. The van der Waals surface area contributed by atoms with Gasteiger partial charge in [0.15, 0.2) is 0 Å². The van der Waals surface area contributed by atoms with Gasteiger partial charge < -0.3 is 25.0 Å². The fourth-order valence-corrected chi connectivity index (χ4v) is 4.28. The number of rotatable bonds is 7. The van der Waals surface area contributed by atoms with Crippen molar-refractivity contribution in [2.24, 2.45) is 0 Å². The van der Waals surface area contributed by atoms with E-state index in [2.05, 4.69) is 10.2 Å². The van der Waals surface area contributed by atoms with Gasteiger partial charge in [0, 0.05) is 25.3 Å². The molecule has 1 amide bonds. The van der Waals surface area contributed by atoms with Gasteiger partial charge in [0.25, 0.3) is 5.91 Å². The van der Waals surface area contributed by atoms with E-state index in [1.165, 1.54) is 0 Å². The highest BCUT2D eigenvalue weighted by atomic mass is 19.4. The first-order chi connectivity index (χ1) is 14.3. The molecule has 0 bridgehead atoms. The van der Waals surface area contributed by atoms with E-state index in [0.717, 1.165) is 43.7 Å². The Morgan fingerprint density at radius 1 is 1.30 bits per heavy atom. The van der Waals surface area contributed by atoms with Gasteiger partial charge in [0.05, 0.1) is 30.9 Å². The van der Waals surface area contributed by atoms with Crippen LogP contribution in [-0.4, -0.2) is 84.8 Å². The van der Waals surface area contributed by atoms with Gasteiger partial charge in [-0.3, -0.25) is 9.69 Å². The van der Waals surface area contributed by atoms with Gasteiger partial charge in [0.2, 0.25) is 0 Å². The molecule has 2 aliphatic rings. The van der Waals surface area contributed by atoms with Crippen LogP contribution in [0.3, 0.4) is 0 Å². The number of amides is 1. The third kappa shape index (κ3) is 4.94. The Bertz CT molecular complexity index is 715. The molecule has 0 aromatic heterocycles. The van der Waals surface area contributed by atoms with Crippen molar-refractivity contribution in [2.45, 2.75) is 49.4 Å². The zero-order valence-electron chi connectivity index (χ0n) is 16.6. The summed E-state index contributed by atoms with van der Waals surface area (Å²) < 4.78 is 49.1. The molecule has 30 heavy (non-hydrogen) atoms. The summed E-state index contributed by atoms with van der Waals surface area (Å²) in [7, 11) is 1.61. The number of methoxy groups -OCH3 is 1. The van der Waals surface area contributed by atoms with Gasteiger partial charge in [-0.25, -0.2) is 0 Å². The smallest absolute Gasteiger partial charge is 0.394 e. The lowest BCUT2D eigenvalue weighted by molar-refractivity contribution is -0.137. The minimum Gasteiger partial charge on any atom is -0.394 e. The van der Waals surface area contributed by atoms with Crippen LogP contribution in [-0.2, 0) is 15.7 Å². The summed E-state index contributed by atoms with van der Waals surface area (Å²) in [6.07, 6.45) is -4.90. The van der Waals surface area contributed by atoms with E-state index in [0.29, 0.717) is 6.61 Å². The predicted molar refractivity (Wildman–Crippen MR) is 101 cm³/mol. The number of likely N-dealkylation sites (tertiary alicyclic amines) is 1. The number of ether oxygens (including phenoxy) is 2. The van der Waals surface area contributed by atoms with E-state index in [4.69, 9.17) is 9.47 Å². The maximum Gasteiger partial charge on any atom is 0.416 e. The largest absolute Gasteiger partial charge is 0.416 e. The molecule has 0 saturated carbocycles. The summed E-state index contributed by atoms with van der Waals surface area (Å²) in [4.78, 5) is 14.5. The van der Waals surface area contributed by atoms with Crippen molar-refractivity contribution in [3.05, 3.63) is 35.4 Å². The van der Waals surface area contributed by atoms with E-state index in [9.17, 15) is 28.2 Å². The first-order valence-corrected chi connectivity index (χ1v) is 9.90. The number of halogens is 3. The average Bonchev–Trinajstić information content (AvgIpc) is 3.29. The summed E-state index contributed by atoms with van der Waals surface area (Å²) in [5, 5.41) is 22.9. The molecule has 2 aliphatic heterocycles. The van der Waals surface area contributed by atoms with Gasteiger partial charge in [0.1, 0.15) is 12.2 Å². The molecular formula is C20H27F3N2O5. The number of hydrogen-bond acceptors (Lipinski definition) is 6. The maximum atomic E-state index is 12.7. The van der Waals surface area contributed by atoms with Crippen molar-refractivity contribution in [1.29, 1.82) is 0 Å². The van der Waals surface area contributed by atoms with Crippen LogP contribution in [0, 0.1) is 0 Å². The van der Waals surface area contributed by atoms with Crippen molar-refractivity contribution in [3.8, 4) is 0 Å². The van der Waals surface area contributed by atoms with E-state index in [1.807, 2.05) is 0 Å². The van der Waals surface area contributed by atoms with Crippen molar-refractivity contribution < 1.29 is 37.7 Å². The summed E-state index contributed by atoms with van der Waals surface area (Å²) in [6.45, 7) is 0.927. The normalized spacial score (nSPS) is 30.0. The molecule has 0 spiro atoms. The number of benzene rings is 1. The lowest BCUT2D eigenvalue weighted by atomic mass is 10.0. The van der Waals surface area contributed by atoms with Crippen LogP contribution in [0.1, 0.15) is 28.8 Å². The lowest BCUT2D eigenvalue weighted by Crippen LogP contribution is -2.53. The Hall–Kier alpha value is -1.72. The topological polar surface area (TPSA) is 91.3 Å². The monoisotopic (exact) mass is 432 g/mol. The summed E-state index contributed by atoms with van der Waals surface area (Å²) >= 11 is 0. The molecule has 10 heteroatoms. The standard InChI is InChI=1S/C20H27F3N2O5/c1-29-11-14-3-2-8-25(14)17-15(30-16(10-26)18(17)27)9-24-19(28)12-4-6-13(7-5-12)20(21,22)23/h4-7,14-18,26-27H,2-3,8-11H2,1H3,(H,24,28)/t14-,15+,16-,17+,18+/m0/s1. The summed E-state index contributed by atoms with van der Waals surface area (Å²) in [5.41, 5.74) is -0.736. The molecule has 3 rings (SSSR count). The first-order valence-electron chi connectivity index (χ1n) is 9.90. The van der Waals surface area contributed by atoms with Crippen LogP contribution in [0.25, 0.3) is 0 Å². The quantitative estimate of drug-likeness (QED) is 0.597. The Kier molecular flexibility index (Phi) is 7.35. The van der Waals surface area contributed by atoms with Crippen LogP contribution in [0.15, 0.2) is 24.3 Å². The molecule has 7 nitrogen and oxygen atoms in total. The van der Waals surface area contributed by atoms with Gasteiger partial charge in [-0.1, -0.05) is 0 Å². The van der Waals surface area contributed by atoms with Crippen molar-refractivity contribution in [3.63, 3.8) is 0 Å². The van der Waals surface area contributed by atoms with Crippen molar-refractivity contribution >= 4 is 5.91 Å². The number of alkyl halides is 3. The van der Waals surface area contributed by atoms with Gasteiger partial charge in [-0.15, -0.1) is 0 Å². The van der Waals surface area contributed by atoms with Crippen LogP contribution in [0.4, 0.5) is 13.2 Å². The Labute approximate surface area is 172 Å². The molecule has 168 valence electrons. The molecule has 0 unspecified atom stereocenters. The zero-order chi connectivity index (χ0) is 21.9. The molecule has 0 aliphatic carbocycles. The number of nitrogens with one attached hydrogen (secondary N) is 1. The zero-order valence-corrected chi connectivity index (χ0v) is 16.6. The second-order valence-electron chi connectivity index (χ2n) is 7.65. The molecule has 3 N–H and O–H groups in total. The highest BCUT2D eigenvalue weighted by molar-refractivity contribution is 5.94. The first kappa shape index (κ1) is 23.0. The Balaban J connectivity index is 1.66. The SMILES string of the molecule is COC[C@@H]1CCCN1[C@H]1[C@H](O)[C@H](CO)O[C@@H]1CNC(=O)c1ccc(C(F)(F)F)cc1. The third-order valence-electron chi connectivity index (χ3n) is 5.74. The number of hydrogen-bond donors (Lipinski definition) is 3. The molecule has 2 saturated heterocycles. The summed E-state index contributed by atoms with van der Waals surface area (Å²) in [5.74, 6) is -0.539. The number of aliphatic hydroxyl groups is 2. The van der Waals surface area contributed by atoms with Gasteiger partial charge in [-0.05, 0) is 43.7 Å². The molecule has 1 aromatic rings. The summed E-state index contributed by atoms with van der Waals surface area (Å²) in [6, 6.07) is 3.61. The molecule has 0 radical (unpaired) electrons. The number of carbonyl (C=O) groups is 1. The Morgan fingerprint density at radius 2 is 2.00 bits per heavy atom. The van der Waals surface area contributed by atoms with E-state index < -0.39 is 42.0 Å². The molecule has 2 fully saturated rings. The molecule has 2 heterocycles. The van der Waals surface area contributed by atoms with E-state index in [-0.39, 0.29) is 24.8 Å². The van der Waals surface area contributed by atoms with Crippen molar-refractivity contribution in [2.75, 3.05) is 33.4 Å².